The number of nitrogens with one attached hydrogen (secondary N) is 2. The Labute approximate surface area is 260 Å². The first-order valence-corrected chi connectivity index (χ1v) is 14.1. The maximum Gasteiger partial charge on any atom is 0.416 e. The van der Waals surface area contributed by atoms with Gasteiger partial charge in [0.05, 0.1) is 48.8 Å². The van der Waals surface area contributed by atoms with Crippen molar-refractivity contribution in [3.05, 3.63) is 83.2 Å². The van der Waals surface area contributed by atoms with Gasteiger partial charge in [-0.05, 0) is 48.4 Å². The Morgan fingerprint density at radius 2 is 1.82 bits per heavy atom. The summed E-state index contributed by atoms with van der Waals surface area (Å²) < 4.78 is 55.4. The fourth-order valence-corrected chi connectivity index (χ4v) is 5.27. The molecule has 0 saturated heterocycles. The number of nitrogens with zero attached hydrogens (tertiary/aromatic N) is 5. The van der Waals surface area contributed by atoms with Crippen molar-refractivity contribution in [1.82, 2.24) is 19.5 Å². The van der Waals surface area contributed by atoms with Crippen LogP contribution in [0.15, 0.2) is 61.1 Å². The van der Waals surface area contributed by atoms with E-state index < -0.39 is 29.3 Å². The lowest BCUT2D eigenvalue weighted by Gasteiger charge is -2.29. The van der Waals surface area contributed by atoms with Crippen LogP contribution >= 0.6 is 11.6 Å². The molecular weight excluding hydrogens is 616 g/mol. The summed E-state index contributed by atoms with van der Waals surface area (Å²) in [6.45, 7) is 0.897. The number of nitrogens with two attached hydrogens (primary N) is 1. The number of alkyl halides is 3. The Morgan fingerprint density at radius 3 is 2.47 bits per heavy atom. The van der Waals surface area contributed by atoms with Gasteiger partial charge < -0.3 is 25.8 Å². The minimum absolute atomic E-state index is 0.0291. The number of aromatic nitrogens is 3. The Hall–Kier alpha value is -4.69. The van der Waals surface area contributed by atoms with E-state index in [0.717, 1.165) is 5.69 Å². The van der Waals surface area contributed by atoms with E-state index in [2.05, 4.69) is 20.7 Å². The molecule has 1 aliphatic heterocycles. The molecule has 0 spiro atoms. The fourth-order valence-electron chi connectivity index (χ4n) is 5.04. The number of carbonyl (C=O) groups is 2. The van der Waals surface area contributed by atoms with E-state index in [-0.39, 0.29) is 28.4 Å². The average Bonchev–Trinajstić information content (AvgIpc) is 3.35. The zero-order chi connectivity index (χ0) is 32.7. The van der Waals surface area contributed by atoms with Gasteiger partial charge in [-0.25, -0.2) is 18.7 Å². The number of carbonyl (C=O) groups excluding carboxylic acids is 2. The summed E-state index contributed by atoms with van der Waals surface area (Å²) in [5.41, 5.74) is 7.31. The maximum absolute atomic E-state index is 14.1. The Morgan fingerprint density at radius 1 is 1.09 bits per heavy atom. The molecule has 2 aromatic carbocycles. The fraction of sp³-hybridized carbons (Fsp3) is 0.267. The summed E-state index contributed by atoms with van der Waals surface area (Å²) >= 11 is 6.50. The third kappa shape index (κ3) is 7.02. The Kier molecular flexibility index (Phi) is 8.47. The molecule has 3 amide bonds. The highest BCUT2D eigenvalue weighted by molar-refractivity contribution is 6.34. The van der Waals surface area contributed by atoms with Crippen molar-refractivity contribution < 1.29 is 31.6 Å². The van der Waals surface area contributed by atoms with Crippen molar-refractivity contribution in [3.8, 4) is 11.1 Å². The molecule has 4 N–H and O–H groups in total. The highest BCUT2D eigenvalue weighted by atomic mass is 35.5. The molecule has 236 valence electrons. The number of fused-ring (bicyclic) bond motifs is 1. The monoisotopic (exact) mass is 645 g/mol. The number of hydrogen-bond donors (Lipinski definition) is 3. The van der Waals surface area contributed by atoms with Gasteiger partial charge in [-0.3, -0.25) is 4.79 Å². The molecule has 5 rings (SSSR count). The number of urea groups is 1. The highest BCUT2D eigenvalue weighted by Crippen LogP contribution is 2.38. The smallest absolute Gasteiger partial charge is 0.382 e. The lowest BCUT2D eigenvalue weighted by molar-refractivity contribution is -0.862. The summed E-state index contributed by atoms with van der Waals surface area (Å²) in [6, 6.07) is 7.38. The zero-order valence-corrected chi connectivity index (χ0v) is 25.2. The molecule has 45 heavy (non-hydrogen) atoms. The lowest BCUT2D eigenvalue weighted by Crippen LogP contribution is -2.45. The van der Waals surface area contributed by atoms with E-state index in [1.165, 1.54) is 12.4 Å². The summed E-state index contributed by atoms with van der Waals surface area (Å²) in [4.78, 5) is 31.1. The zero-order valence-electron chi connectivity index (χ0n) is 24.5. The van der Waals surface area contributed by atoms with Crippen LogP contribution in [-0.2, 0) is 11.0 Å². The topological polar surface area (TPSA) is 118 Å². The van der Waals surface area contributed by atoms with Crippen LogP contribution in [0.1, 0.15) is 23.6 Å². The van der Waals surface area contributed by atoms with Crippen molar-refractivity contribution in [2.45, 2.75) is 18.5 Å². The minimum Gasteiger partial charge on any atom is -0.382 e. The molecule has 0 bridgehead atoms. The number of halogens is 5. The summed E-state index contributed by atoms with van der Waals surface area (Å²) in [5.74, 6) is -0.856. The predicted octanol–water partition coefficient (Wildman–Crippen LogP) is 5.97. The van der Waals surface area contributed by atoms with Crippen LogP contribution in [0.2, 0.25) is 5.02 Å². The van der Waals surface area contributed by atoms with E-state index in [0.29, 0.717) is 58.8 Å². The number of likely N-dealkylation sites (N-methyl/N-ethyl adjacent to an activating group) is 1. The molecule has 4 aromatic rings. The second-order valence-electron chi connectivity index (χ2n) is 11.6. The van der Waals surface area contributed by atoms with Gasteiger partial charge in [-0.2, -0.15) is 18.3 Å². The van der Waals surface area contributed by atoms with Crippen LogP contribution in [0, 0.1) is 5.82 Å². The van der Waals surface area contributed by atoms with Gasteiger partial charge in [-0.1, -0.05) is 23.7 Å². The molecule has 0 saturated carbocycles. The van der Waals surface area contributed by atoms with Gasteiger partial charge in [0.25, 0.3) is 5.91 Å². The van der Waals surface area contributed by atoms with Crippen LogP contribution in [0.25, 0.3) is 16.6 Å². The van der Waals surface area contributed by atoms with Crippen LogP contribution in [-0.4, -0.2) is 70.2 Å². The molecule has 3 heterocycles. The molecule has 0 fully saturated rings. The van der Waals surface area contributed by atoms with Crippen molar-refractivity contribution in [3.63, 3.8) is 0 Å². The van der Waals surface area contributed by atoms with Crippen LogP contribution in [0.4, 0.5) is 39.5 Å². The average molecular weight is 646 g/mol. The number of quaternary nitrogens is 1. The van der Waals surface area contributed by atoms with Crippen molar-refractivity contribution >= 4 is 46.2 Å². The second-order valence-corrected chi connectivity index (χ2v) is 12.0. The number of amides is 3. The van der Waals surface area contributed by atoms with Crippen LogP contribution in [0.3, 0.4) is 0 Å². The molecule has 0 aliphatic carbocycles. The van der Waals surface area contributed by atoms with Crippen LogP contribution in [0.5, 0.6) is 0 Å². The van der Waals surface area contributed by atoms with Crippen LogP contribution < -0.4 is 16.4 Å². The molecule has 0 radical (unpaired) electrons. The van der Waals surface area contributed by atoms with Gasteiger partial charge >= 0.3 is 12.2 Å². The largest absolute Gasteiger partial charge is 0.416 e. The van der Waals surface area contributed by atoms with Gasteiger partial charge in [0.2, 0.25) is 0 Å². The Bertz CT molecular complexity index is 1820. The van der Waals surface area contributed by atoms with Crippen molar-refractivity contribution in [2.75, 3.05) is 50.6 Å². The molecule has 1 unspecified atom stereocenters. The number of hydrogen-bond acceptors (Lipinski definition) is 5. The lowest BCUT2D eigenvalue weighted by atomic mass is 9.97. The van der Waals surface area contributed by atoms with E-state index in [1.807, 2.05) is 33.3 Å². The molecule has 10 nitrogen and oxygen atoms in total. The first kappa shape index (κ1) is 31.7. The SMILES string of the molecule is C[N+](C)(C)CC(=O)N1C=CC(c2cc(-c3ccc(NC(=O)Nc4cc(C(F)(F)F)ccc4F)c(Cl)c3)c3c(N)ncnn23)CC1. The van der Waals surface area contributed by atoms with Gasteiger partial charge in [0, 0.05) is 24.2 Å². The first-order valence-electron chi connectivity index (χ1n) is 13.8. The number of nitrogen functional groups attached to an aromatic ring is 1. The van der Waals surface area contributed by atoms with Gasteiger partial charge in [0.1, 0.15) is 17.7 Å². The maximum atomic E-state index is 14.1. The highest BCUT2D eigenvalue weighted by Gasteiger charge is 2.31. The molecule has 2 aromatic heterocycles. The first-order chi connectivity index (χ1) is 21.1. The van der Waals surface area contributed by atoms with E-state index >= 15 is 0 Å². The van der Waals surface area contributed by atoms with E-state index in [1.54, 1.807) is 27.7 Å². The van der Waals surface area contributed by atoms with Gasteiger partial charge in [0.15, 0.2) is 12.4 Å². The molecular formula is C30H30ClF4N8O2+. The second kappa shape index (κ2) is 12.0. The van der Waals surface area contributed by atoms with Crippen molar-refractivity contribution in [2.24, 2.45) is 0 Å². The van der Waals surface area contributed by atoms with E-state index in [4.69, 9.17) is 17.3 Å². The predicted molar refractivity (Wildman–Crippen MR) is 163 cm³/mol. The molecule has 15 heteroatoms. The standard InChI is InChI=1S/C30H29ClF4N8O2/c1-43(2,3)15-26(44)41-10-8-17(9-11-41)25-14-20(27-28(36)37-16-38-42(25)27)18-4-7-23(21(31)12-18)39-29(45)40-24-13-19(30(33,34)35)5-6-22(24)32/h4-8,10,12-14,16-17H,9,11,15H2,1-3H3,(H3-,36,37,38,39,40,45)/p+1. The summed E-state index contributed by atoms with van der Waals surface area (Å²) in [5, 5.41) is 9.04. The normalized spacial score (nSPS) is 15.4. The quantitative estimate of drug-likeness (QED) is 0.176. The Balaban J connectivity index is 1.38. The summed E-state index contributed by atoms with van der Waals surface area (Å²) in [6.07, 6.45) is 1.04. The van der Waals surface area contributed by atoms with Crippen molar-refractivity contribution in [1.29, 1.82) is 0 Å². The number of allylic oxidation sites excluding steroid dienone is 1. The number of benzene rings is 2. The molecule has 1 atom stereocenters. The number of rotatable bonds is 6. The number of anilines is 3. The minimum atomic E-state index is -4.71. The summed E-state index contributed by atoms with van der Waals surface area (Å²) in [7, 11) is 5.87. The third-order valence-corrected chi connectivity index (χ3v) is 7.48. The van der Waals surface area contributed by atoms with E-state index in [9.17, 15) is 27.2 Å². The third-order valence-electron chi connectivity index (χ3n) is 7.17. The van der Waals surface area contributed by atoms with Gasteiger partial charge in [-0.15, -0.1) is 0 Å². The molecule has 1 aliphatic rings.